The quantitative estimate of drug-likeness (QED) is 0.776. The summed E-state index contributed by atoms with van der Waals surface area (Å²) >= 11 is 0. The van der Waals surface area contributed by atoms with Crippen molar-refractivity contribution in [1.82, 2.24) is 0 Å². The fourth-order valence-electron chi connectivity index (χ4n) is 3.41. The molecule has 2 nitrogen and oxygen atoms in total. The summed E-state index contributed by atoms with van der Waals surface area (Å²) in [6.45, 7) is 14.3. The minimum absolute atomic E-state index is 0.110. The Morgan fingerprint density at radius 3 is 2.16 bits per heavy atom. The van der Waals surface area contributed by atoms with Crippen LogP contribution in [0.4, 0.5) is 0 Å². The molecule has 2 N–H and O–H groups in total. The fourth-order valence-corrected chi connectivity index (χ4v) is 3.41. The molecule has 0 bridgehead atoms. The van der Waals surface area contributed by atoms with Gasteiger partial charge in [0.15, 0.2) is 0 Å². The van der Waals surface area contributed by atoms with Crippen LogP contribution >= 0.6 is 0 Å². The van der Waals surface area contributed by atoms with Gasteiger partial charge in [0.2, 0.25) is 0 Å². The third-order valence-corrected chi connectivity index (χ3v) is 4.66. The number of rotatable bonds is 6. The summed E-state index contributed by atoms with van der Waals surface area (Å²) in [4.78, 5) is 0. The van der Waals surface area contributed by atoms with E-state index in [1.165, 1.54) is 27.8 Å². The summed E-state index contributed by atoms with van der Waals surface area (Å²) in [6.07, 6.45) is 0.937. The molecule has 0 spiro atoms. The second-order valence-electron chi connectivity index (χ2n) is 8.07. The highest BCUT2D eigenvalue weighted by molar-refractivity contribution is 5.43. The first kappa shape index (κ1) is 19.5. The van der Waals surface area contributed by atoms with Crippen molar-refractivity contribution in [1.29, 1.82) is 0 Å². The Balaban J connectivity index is 2.43. The van der Waals surface area contributed by atoms with Gasteiger partial charge in [-0.15, -0.1) is 0 Å². The Kier molecular flexibility index (Phi) is 6.29. The largest absolute Gasteiger partial charge is 0.494 e. The van der Waals surface area contributed by atoms with E-state index in [9.17, 15) is 0 Å². The van der Waals surface area contributed by atoms with E-state index in [0.29, 0.717) is 13.2 Å². The van der Waals surface area contributed by atoms with E-state index >= 15 is 0 Å². The molecule has 0 radical (unpaired) electrons. The number of aryl methyl sites for hydroxylation is 2. The SMILES string of the molecule is CCOc1ccc(C(C)(C)C)cc1C(CN)Cc1cc(C)cc(C)c1. The van der Waals surface area contributed by atoms with Gasteiger partial charge < -0.3 is 10.5 Å². The molecule has 0 aliphatic heterocycles. The van der Waals surface area contributed by atoms with Crippen molar-refractivity contribution in [3.05, 3.63) is 64.2 Å². The summed E-state index contributed by atoms with van der Waals surface area (Å²) in [5, 5.41) is 0. The number of ether oxygens (including phenoxy) is 1. The summed E-state index contributed by atoms with van der Waals surface area (Å²) < 4.78 is 5.92. The zero-order valence-corrected chi connectivity index (χ0v) is 16.6. The fraction of sp³-hybridized carbons (Fsp3) is 0.478. The van der Waals surface area contributed by atoms with Crippen molar-refractivity contribution in [2.24, 2.45) is 5.73 Å². The molecule has 0 aliphatic carbocycles. The predicted molar refractivity (Wildman–Crippen MR) is 108 cm³/mol. The number of nitrogens with two attached hydrogens (primary N) is 1. The molecular weight excluding hydrogens is 306 g/mol. The van der Waals surface area contributed by atoms with Crippen LogP contribution in [-0.2, 0) is 11.8 Å². The van der Waals surface area contributed by atoms with Crippen LogP contribution in [0.2, 0.25) is 0 Å². The molecule has 136 valence electrons. The van der Waals surface area contributed by atoms with Crippen molar-refractivity contribution >= 4 is 0 Å². The number of hydrogen-bond acceptors (Lipinski definition) is 2. The van der Waals surface area contributed by atoms with Crippen LogP contribution in [-0.4, -0.2) is 13.2 Å². The molecule has 2 aromatic carbocycles. The van der Waals surface area contributed by atoms with Crippen molar-refractivity contribution < 1.29 is 4.74 Å². The molecule has 1 unspecified atom stereocenters. The standard InChI is InChI=1S/C23H33NO/c1-7-25-22-9-8-20(23(4,5)6)14-21(22)19(15-24)13-18-11-16(2)10-17(3)12-18/h8-12,14,19H,7,13,15,24H2,1-6H3. The second kappa shape index (κ2) is 8.05. The lowest BCUT2D eigenvalue weighted by Gasteiger charge is -2.25. The Hall–Kier alpha value is -1.80. The van der Waals surface area contributed by atoms with Crippen LogP contribution in [0.1, 0.15) is 61.4 Å². The molecule has 0 aliphatic rings. The molecule has 1 atom stereocenters. The first-order valence-corrected chi connectivity index (χ1v) is 9.29. The van der Waals surface area contributed by atoms with Gasteiger partial charge in [-0.3, -0.25) is 0 Å². The van der Waals surface area contributed by atoms with Crippen LogP contribution < -0.4 is 10.5 Å². The number of benzene rings is 2. The number of hydrogen-bond donors (Lipinski definition) is 1. The summed E-state index contributed by atoms with van der Waals surface area (Å²) in [7, 11) is 0. The van der Waals surface area contributed by atoms with Crippen LogP contribution in [0.25, 0.3) is 0 Å². The molecule has 2 heteroatoms. The van der Waals surface area contributed by atoms with E-state index in [-0.39, 0.29) is 11.3 Å². The van der Waals surface area contributed by atoms with Crippen LogP contribution in [0.3, 0.4) is 0 Å². The highest BCUT2D eigenvalue weighted by atomic mass is 16.5. The van der Waals surface area contributed by atoms with Gasteiger partial charge in [-0.05, 0) is 61.9 Å². The maximum atomic E-state index is 6.20. The molecular formula is C23H33NO. The van der Waals surface area contributed by atoms with Gasteiger partial charge in [0.05, 0.1) is 6.61 Å². The maximum Gasteiger partial charge on any atom is 0.122 e. The van der Waals surface area contributed by atoms with E-state index in [2.05, 4.69) is 71.0 Å². The normalized spacial score (nSPS) is 12.9. The first-order valence-electron chi connectivity index (χ1n) is 9.29. The molecule has 0 heterocycles. The minimum atomic E-state index is 0.110. The van der Waals surface area contributed by atoms with Gasteiger partial charge in [0.1, 0.15) is 5.75 Å². The highest BCUT2D eigenvalue weighted by Crippen LogP contribution is 2.34. The van der Waals surface area contributed by atoms with Crippen LogP contribution in [0.5, 0.6) is 5.75 Å². The predicted octanol–water partition coefficient (Wildman–Crippen LogP) is 5.28. The van der Waals surface area contributed by atoms with E-state index in [4.69, 9.17) is 10.5 Å². The molecule has 0 fully saturated rings. The zero-order chi connectivity index (χ0) is 18.6. The lowest BCUT2D eigenvalue weighted by atomic mass is 9.82. The summed E-state index contributed by atoms with van der Waals surface area (Å²) in [5.74, 6) is 1.22. The summed E-state index contributed by atoms with van der Waals surface area (Å²) in [6, 6.07) is 13.3. The highest BCUT2D eigenvalue weighted by Gasteiger charge is 2.21. The van der Waals surface area contributed by atoms with Gasteiger partial charge in [0, 0.05) is 5.92 Å². The van der Waals surface area contributed by atoms with Crippen molar-refractivity contribution in [3.8, 4) is 5.75 Å². The van der Waals surface area contributed by atoms with Gasteiger partial charge >= 0.3 is 0 Å². The molecule has 25 heavy (non-hydrogen) atoms. The molecule has 2 aromatic rings. The molecule has 0 saturated heterocycles. The van der Waals surface area contributed by atoms with E-state index in [0.717, 1.165) is 12.2 Å². The van der Waals surface area contributed by atoms with Gasteiger partial charge in [-0.1, -0.05) is 62.2 Å². The monoisotopic (exact) mass is 339 g/mol. The maximum absolute atomic E-state index is 6.20. The smallest absolute Gasteiger partial charge is 0.122 e. The second-order valence-corrected chi connectivity index (χ2v) is 8.07. The summed E-state index contributed by atoms with van der Waals surface area (Å²) in [5.41, 5.74) is 12.8. The Morgan fingerprint density at radius 1 is 1.00 bits per heavy atom. The van der Waals surface area contributed by atoms with Gasteiger partial charge in [-0.2, -0.15) is 0 Å². The molecule has 0 amide bonds. The van der Waals surface area contributed by atoms with Gasteiger partial charge in [0.25, 0.3) is 0 Å². The topological polar surface area (TPSA) is 35.2 Å². The van der Waals surface area contributed by atoms with Crippen molar-refractivity contribution in [3.63, 3.8) is 0 Å². The van der Waals surface area contributed by atoms with Crippen LogP contribution in [0, 0.1) is 13.8 Å². The molecule has 0 saturated carbocycles. The Morgan fingerprint density at radius 2 is 1.64 bits per heavy atom. The van der Waals surface area contributed by atoms with E-state index in [1.54, 1.807) is 0 Å². The van der Waals surface area contributed by atoms with E-state index in [1.807, 2.05) is 6.92 Å². The van der Waals surface area contributed by atoms with Crippen molar-refractivity contribution in [2.75, 3.05) is 13.2 Å². The van der Waals surface area contributed by atoms with Gasteiger partial charge in [-0.25, -0.2) is 0 Å². The first-order chi connectivity index (χ1) is 11.7. The lowest BCUT2D eigenvalue weighted by molar-refractivity contribution is 0.333. The third-order valence-electron chi connectivity index (χ3n) is 4.66. The molecule has 2 rings (SSSR count). The van der Waals surface area contributed by atoms with Crippen molar-refractivity contribution in [2.45, 2.75) is 59.3 Å². The van der Waals surface area contributed by atoms with Crippen LogP contribution in [0.15, 0.2) is 36.4 Å². The Bertz CT molecular complexity index is 692. The average molecular weight is 340 g/mol. The van der Waals surface area contributed by atoms with E-state index < -0.39 is 0 Å². The molecule has 0 aromatic heterocycles. The Labute approximate surface area is 153 Å². The lowest BCUT2D eigenvalue weighted by Crippen LogP contribution is -2.18. The minimum Gasteiger partial charge on any atom is -0.494 e. The average Bonchev–Trinajstić information content (AvgIpc) is 2.51. The third kappa shape index (κ3) is 5.09. The zero-order valence-electron chi connectivity index (χ0n) is 16.6.